The highest BCUT2D eigenvalue weighted by Gasteiger charge is 2.14. The van der Waals surface area contributed by atoms with E-state index in [0.29, 0.717) is 41.2 Å². The number of benzene rings is 4. The summed E-state index contributed by atoms with van der Waals surface area (Å²) in [5.74, 6) is -1.17. The van der Waals surface area contributed by atoms with Crippen molar-refractivity contribution in [2.24, 2.45) is 0 Å². The average molecular weight is 637 g/mol. The molecule has 0 atom stereocenters. The zero-order valence-electron chi connectivity index (χ0n) is 26.3. The van der Waals surface area contributed by atoms with Crippen molar-refractivity contribution in [2.75, 3.05) is 13.2 Å². The van der Waals surface area contributed by atoms with Gasteiger partial charge in [-0.05, 0) is 128 Å². The zero-order chi connectivity index (χ0) is 33.8. The Labute approximate surface area is 273 Å². The van der Waals surface area contributed by atoms with Crippen LogP contribution in [0, 0.1) is 6.92 Å². The summed E-state index contributed by atoms with van der Waals surface area (Å²) >= 11 is 0. The van der Waals surface area contributed by atoms with Gasteiger partial charge in [-0.3, -0.25) is 0 Å². The Bertz CT molecular complexity index is 1800. The molecule has 0 aliphatic carbocycles. The average Bonchev–Trinajstić information content (AvgIpc) is 3.05. The standard InChI is InChI=1S/C38H36O9/c1-25(2)36(41)45-21-7-5-4-6-20-44-33-17-14-29-23-31(11-10-30(29)24-33)38(43)46-32-15-12-28(13-16-32)37(42)47-34-18-8-27(22-26(34)3)9-19-35(39)40/h8-19,22-24H,1,4-7,20-21H2,2-3H3,(H,39,40)/b19-9+. The number of rotatable bonds is 15. The zero-order valence-corrected chi connectivity index (χ0v) is 26.3. The van der Waals surface area contributed by atoms with Crippen LogP contribution in [0.1, 0.15) is 64.4 Å². The molecule has 4 aromatic carbocycles. The summed E-state index contributed by atoms with van der Waals surface area (Å²) in [4.78, 5) is 47.6. The van der Waals surface area contributed by atoms with Crippen LogP contribution in [0.5, 0.6) is 17.2 Å². The van der Waals surface area contributed by atoms with Crippen LogP contribution in [0.2, 0.25) is 0 Å². The molecule has 0 amide bonds. The molecule has 0 fully saturated rings. The predicted molar refractivity (Wildman–Crippen MR) is 178 cm³/mol. The molecule has 0 heterocycles. The highest BCUT2D eigenvalue weighted by molar-refractivity contribution is 5.97. The predicted octanol–water partition coefficient (Wildman–Crippen LogP) is 7.74. The van der Waals surface area contributed by atoms with Gasteiger partial charge in [0.1, 0.15) is 17.2 Å². The van der Waals surface area contributed by atoms with Gasteiger partial charge in [0.2, 0.25) is 0 Å². The van der Waals surface area contributed by atoms with E-state index in [2.05, 4.69) is 6.58 Å². The largest absolute Gasteiger partial charge is 0.494 e. The van der Waals surface area contributed by atoms with E-state index in [-0.39, 0.29) is 17.3 Å². The van der Waals surface area contributed by atoms with Gasteiger partial charge in [0.05, 0.1) is 24.3 Å². The molecule has 242 valence electrons. The lowest BCUT2D eigenvalue weighted by molar-refractivity contribution is -0.139. The SMILES string of the molecule is C=C(C)C(=O)OCCCCCCOc1ccc2cc(C(=O)Oc3ccc(C(=O)Oc4ccc(/C=C/C(=O)O)cc4C)cc3)ccc2c1. The lowest BCUT2D eigenvalue weighted by atomic mass is 10.1. The van der Waals surface area contributed by atoms with Gasteiger partial charge in [-0.2, -0.15) is 0 Å². The van der Waals surface area contributed by atoms with Gasteiger partial charge in [0.25, 0.3) is 0 Å². The lowest BCUT2D eigenvalue weighted by Gasteiger charge is -2.10. The molecule has 0 bridgehead atoms. The van der Waals surface area contributed by atoms with Crippen molar-refractivity contribution in [1.29, 1.82) is 0 Å². The Hall–Kier alpha value is -5.70. The lowest BCUT2D eigenvalue weighted by Crippen LogP contribution is -2.10. The molecule has 0 spiro atoms. The van der Waals surface area contributed by atoms with E-state index >= 15 is 0 Å². The normalized spacial score (nSPS) is 10.9. The number of aliphatic carboxylic acids is 1. The highest BCUT2D eigenvalue weighted by atomic mass is 16.5. The first-order valence-electron chi connectivity index (χ1n) is 15.1. The number of carbonyl (C=O) groups excluding carboxylic acids is 3. The molecular formula is C38H36O9. The van der Waals surface area contributed by atoms with Crippen LogP contribution in [0.3, 0.4) is 0 Å². The van der Waals surface area contributed by atoms with Crippen molar-refractivity contribution in [3.05, 3.63) is 119 Å². The second-order valence-corrected chi connectivity index (χ2v) is 10.9. The number of fused-ring (bicyclic) bond motifs is 1. The van der Waals surface area contributed by atoms with E-state index in [1.54, 1.807) is 44.2 Å². The number of carboxylic acids is 1. The molecule has 0 saturated heterocycles. The Morgan fingerprint density at radius 1 is 0.723 bits per heavy atom. The number of carbonyl (C=O) groups is 4. The van der Waals surface area contributed by atoms with Gasteiger partial charge in [-0.25, -0.2) is 19.2 Å². The summed E-state index contributed by atoms with van der Waals surface area (Å²) in [7, 11) is 0. The second-order valence-electron chi connectivity index (χ2n) is 10.9. The fraction of sp³-hybridized carbons (Fsp3) is 0.211. The molecule has 0 unspecified atom stereocenters. The second kappa shape index (κ2) is 16.6. The van der Waals surface area contributed by atoms with Crippen molar-refractivity contribution < 1.29 is 43.2 Å². The van der Waals surface area contributed by atoms with Gasteiger partial charge >= 0.3 is 23.9 Å². The van der Waals surface area contributed by atoms with Crippen molar-refractivity contribution >= 4 is 40.7 Å². The Morgan fingerprint density at radius 2 is 1.36 bits per heavy atom. The van der Waals surface area contributed by atoms with E-state index in [1.165, 1.54) is 30.3 Å². The van der Waals surface area contributed by atoms with E-state index in [9.17, 15) is 19.2 Å². The quantitative estimate of drug-likeness (QED) is 0.0603. The van der Waals surface area contributed by atoms with Gasteiger partial charge in [0.15, 0.2) is 0 Å². The first-order valence-corrected chi connectivity index (χ1v) is 15.1. The Kier molecular flexibility index (Phi) is 12.0. The summed E-state index contributed by atoms with van der Waals surface area (Å²) in [6.07, 6.45) is 6.06. The molecule has 0 aliphatic heterocycles. The molecule has 9 nitrogen and oxygen atoms in total. The molecule has 47 heavy (non-hydrogen) atoms. The molecule has 9 heteroatoms. The van der Waals surface area contributed by atoms with E-state index in [0.717, 1.165) is 48.3 Å². The van der Waals surface area contributed by atoms with Crippen molar-refractivity contribution in [2.45, 2.75) is 39.5 Å². The minimum absolute atomic E-state index is 0.268. The number of hydrogen-bond donors (Lipinski definition) is 1. The number of unbranched alkanes of at least 4 members (excludes halogenated alkanes) is 3. The van der Waals surface area contributed by atoms with Crippen LogP contribution in [-0.4, -0.2) is 42.2 Å². The minimum atomic E-state index is -1.05. The van der Waals surface area contributed by atoms with Gasteiger partial charge in [-0.15, -0.1) is 0 Å². The summed E-state index contributed by atoms with van der Waals surface area (Å²) < 4.78 is 22.0. The first-order chi connectivity index (χ1) is 22.6. The van der Waals surface area contributed by atoms with E-state index < -0.39 is 17.9 Å². The van der Waals surface area contributed by atoms with Crippen molar-refractivity contribution in [1.82, 2.24) is 0 Å². The third kappa shape index (κ3) is 10.4. The van der Waals surface area contributed by atoms with Crippen molar-refractivity contribution in [3.8, 4) is 17.2 Å². The van der Waals surface area contributed by atoms with Gasteiger partial charge in [0, 0.05) is 11.6 Å². The monoisotopic (exact) mass is 636 g/mol. The van der Waals surface area contributed by atoms with Gasteiger partial charge < -0.3 is 24.1 Å². The fourth-order valence-corrected chi connectivity index (χ4v) is 4.52. The smallest absolute Gasteiger partial charge is 0.343 e. The highest BCUT2D eigenvalue weighted by Crippen LogP contribution is 2.25. The molecule has 1 N–H and O–H groups in total. The minimum Gasteiger partial charge on any atom is -0.494 e. The molecule has 4 aromatic rings. The van der Waals surface area contributed by atoms with Crippen LogP contribution in [0.25, 0.3) is 16.8 Å². The van der Waals surface area contributed by atoms with Crippen molar-refractivity contribution in [3.63, 3.8) is 0 Å². The van der Waals surface area contributed by atoms with Crippen LogP contribution < -0.4 is 14.2 Å². The number of hydrogen-bond acceptors (Lipinski definition) is 8. The number of ether oxygens (including phenoxy) is 4. The van der Waals surface area contributed by atoms with Crippen LogP contribution >= 0.6 is 0 Å². The van der Waals surface area contributed by atoms with Crippen LogP contribution in [0.4, 0.5) is 0 Å². The molecular weight excluding hydrogens is 600 g/mol. The summed E-state index contributed by atoms with van der Waals surface area (Å²) in [6, 6.07) is 22.0. The maximum absolute atomic E-state index is 12.9. The molecule has 4 rings (SSSR count). The Balaban J connectivity index is 1.24. The molecule has 0 aliphatic rings. The Morgan fingerprint density at radius 3 is 2.06 bits per heavy atom. The molecule has 0 aromatic heterocycles. The maximum atomic E-state index is 12.9. The number of aryl methyl sites for hydroxylation is 1. The topological polar surface area (TPSA) is 125 Å². The third-order valence-electron chi connectivity index (χ3n) is 7.06. The van der Waals surface area contributed by atoms with Crippen LogP contribution in [0.15, 0.2) is 97.1 Å². The maximum Gasteiger partial charge on any atom is 0.343 e. The number of esters is 3. The summed E-state index contributed by atoms with van der Waals surface area (Å²) in [5, 5.41) is 10.6. The third-order valence-corrected chi connectivity index (χ3v) is 7.06. The van der Waals surface area contributed by atoms with E-state index in [4.69, 9.17) is 24.1 Å². The molecule has 0 saturated carbocycles. The summed E-state index contributed by atoms with van der Waals surface area (Å²) in [6.45, 7) is 7.91. The van der Waals surface area contributed by atoms with Crippen LogP contribution in [-0.2, 0) is 14.3 Å². The fourth-order valence-electron chi connectivity index (χ4n) is 4.52. The molecule has 0 radical (unpaired) electrons. The first kappa shape index (κ1) is 34.2. The van der Waals surface area contributed by atoms with Gasteiger partial charge in [-0.1, -0.05) is 24.8 Å². The van der Waals surface area contributed by atoms with E-state index in [1.807, 2.05) is 24.3 Å². The number of carboxylic acid groups (broad SMARTS) is 1. The summed E-state index contributed by atoms with van der Waals surface area (Å²) in [5.41, 5.74) is 2.38.